The third-order valence-corrected chi connectivity index (χ3v) is 6.32. The quantitative estimate of drug-likeness (QED) is 0.448. The summed E-state index contributed by atoms with van der Waals surface area (Å²) in [5, 5.41) is 30.5. The molecule has 0 spiro atoms. The van der Waals surface area contributed by atoms with Crippen LogP contribution in [0.3, 0.4) is 0 Å². The number of hydrogen-bond donors (Lipinski definition) is 2. The first-order valence-electron chi connectivity index (χ1n) is 8.88. The van der Waals surface area contributed by atoms with E-state index in [0.29, 0.717) is 11.7 Å². The Kier molecular flexibility index (Phi) is 5.65. The number of thioether (sulfide) groups is 1. The van der Waals surface area contributed by atoms with Gasteiger partial charge in [0.05, 0.1) is 28.8 Å². The molecule has 0 saturated carbocycles. The summed E-state index contributed by atoms with van der Waals surface area (Å²) in [6.45, 7) is 1.41. The predicted octanol–water partition coefficient (Wildman–Crippen LogP) is 3.57. The van der Waals surface area contributed by atoms with Crippen LogP contribution in [0.4, 0.5) is 0 Å². The molecule has 3 heterocycles. The fourth-order valence-electron chi connectivity index (χ4n) is 3.10. The van der Waals surface area contributed by atoms with Crippen molar-refractivity contribution in [1.82, 2.24) is 14.8 Å². The van der Waals surface area contributed by atoms with Crippen LogP contribution >= 0.6 is 23.1 Å². The molecule has 0 bridgehead atoms. The number of aromatic nitrogens is 3. The van der Waals surface area contributed by atoms with Crippen molar-refractivity contribution in [1.29, 1.82) is 0 Å². The van der Waals surface area contributed by atoms with Crippen LogP contribution in [-0.2, 0) is 11.3 Å². The number of benzene rings is 1. The van der Waals surface area contributed by atoms with Crippen LogP contribution in [-0.4, -0.2) is 49.2 Å². The Bertz CT molecular complexity index is 966. The van der Waals surface area contributed by atoms with E-state index in [2.05, 4.69) is 10.2 Å². The summed E-state index contributed by atoms with van der Waals surface area (Å²) in [5.74, 6) is 0.316. The van der Waals surface area contributed by atoms with Gasteiger partial charge in [0.2, 0.25) is 0 Å². The third-order valence-electron chi connectivity index (χ3n) is 4.48. The van der Waals surface area contributed by atoms with Crippen molar-refractivity contribution in [2.75, 3.05) is 12.4 Å². The number of thiophene rings is 1. The van der Waals surface area contributed by atoms with Crippen molar-refractivity contribution in [3.63, 3.8) is 0 Å². The summed E-state index contributed by atoms with van der Waals surface area (Å²) < 4.78 is 7.78. The van der Waals surface area contributed by atoms with Gasteiger partial charge in [-0.2, -0.15) is 0 Å². The summed E-state index contributed by atoms with van der Waals surface area (Å²) in [6.07, 6.45) is 2.15. The highest BCUT2D eigenvalue weighted by atomic mass is 32.2. The van der Waals surface area contributed by atoms with Crippen LogP contribution in [0.5, 0.6) is 11.5 Å². The summed E-state index contributed by atoms with van der Waals surface area (Å²) in [4.78, 5) is 13.5. The number of phenolic OH excluding ortho intramolecular Hbond substituents is 2. The van der Waals surface area contributed by atoms with Gasteiger partial charge >= 0.3 is 0 Å². The smallest absolute Gasteiger partial charge is 0.192 e. The van der Waals surface area contributed by atoms with E-state index < -0.39 is 0 Å². The van der Waals surface area contributed by atoms with Gasteiger partial charge in [0, 0.05) is 12.7 Å². The van der Waals surface area contributed by atoms with Crippen molar-refractivity contribution >= 4 is 28.9 Å². The SMILES string of the molecule is O=C(CSc1nnc(-c2cccs2)n1CC1CCCO1)c1ccc(O)cc1O. The molecule has 1 unspecified atom stereocenters. The highest BCUT2D eigenvalue weighted by Gasteiger charge is 2.23. The molecule has 0 radical (unpaired) electrons. The lowest BCUT2D eigenvalue weighted by molar-refractivity contribution is 0.0953. The molecule has 3 aromatic rings. The van der Waals surface area contributed by atoms with Crippen LogP contribution in [0.1, 0.15) is 23.2 Å². The fourth-order valence-corrected chi connectivity index (χ4v) is 4.65. The van der Waals surface area contributed by atoms with Crippen LogP contribution in [0, 0.1) is 0 Å². The van der Waals surface area contributed by atoms with E-state index in [1.807, 2.05) is 22.1 Å². The molecule has 0 amide bonds. The van der Waals surface area contributed by atoms with E-state index in [9.17, 15) is 15.0 Å². The molecule has 146 valence electrons. The maximum atomic E-state index is 12.5. The predicted molar refractivity (Wildman–Crippen MR) is 107 cm³/mol. The molecule has 1 aliphatic heterocycles. The van der Waals surface area contributed by atoms with Gasteiger partial charge in [0.15, 0.2) is 16.8 Å². The highest BCUT2D eigenvalue weighted by Crippen LogP contribution is 2.30. The monoisotopic (exact) mass is 417 g/mol. The Morgan fingerprint density at radius 2 is 2.21 bits per heavy atom. The van der Waals surface area contributed by atoms with E-state index in [0.717, 1.165) is 36.2 Å². The lowest BCUT2D eigenvalue weighted by Gasteiger charge is -2.14. The maximum absolute atomic E-state index is 12.5. The number of nitrogens with zero attached hydrogens (tertiary/aromatic N) is 3. The largest absolute Gasteiger partial charge is 0.508 e. The molecule has 1 aromatic carbocycles. The van der Waals surface area contributed by atoms with E-state index >= 15 is 0 Å². The van der Waals surface area contributed by atoms with Crippen LogP contribution < -0.4 is 0 Å². The first-order chi connectivity index (χ1) is 13.6. The highest BCUT2D eigenvalue weighted by molar-refractivity contribution is 7.99. The van der Waals surface area contributed by atoms with Crippen molar-refractivity contribution in [3.8, 4) is 22.2 Å². The first kappa shape index (κ1) is 19.0. The van der Waals surface area contributed by atoms with Crippen LogP contribution in [0.15, 0.2) is 40.9 Å². The molecule has 1 saturated heterocycles. The van der Waals surface area contributed by atoms with Crippen molar-refractivity contribution in [2.24, 2.45) is 0 Å². The third kappa shape index (κ3) is 4.06. The molecule has 28 heavy (non-hydrogen) atoms. The Labute approximate surface area is 170 Å². The molecule has 7 nitrogen and oxygen atoms in total. The number of ether oxygens (including phenoxy) is 1. The number of carbonyl (C=O) groups is 1. The number of carbonyl (C=O) groups excluding carboxylic acids is 1. The van der Waals surface area contributed by atoms with Gasteiger partial charge in [0.25, 0.3) is 0 Å². The lowest BCUT2D eigenvalue weighted by atomic mass is 10.1. The summed E-state index contributed by atoms with van der Waals surface area (Å²) in [5.41, 5.74) is 0.175. The topological polar surface area (TPSA) is 97.5 Å². The molecule has 1 atom stereocenters. The average Bonchev–Trinajstić information content (AvgIpc) is 3.42. The molecule has 1 fully saturated rings. The summed E-state index contributed by atoms with van der Waals surface area (Å²) in [6, 6.07) is 7.92. The number of ketones is 1. The van der Waals surface area contributed by atoms with Gasteiger partial charge < -0.3 is 14.9 Å². The van der Waals surface area contributed by atoms with Crippen molar-refractivity contribution in [2.45, 2.75) is 30.6 Å². The maximum Gasteiger partial charge on any atom is 0.192 e. The van der Waals surface area contributed by atoms with E-state index in [1.54, 1.807) is 11.3 Å². The Hall–Kier alpha value is -2.36. The number of hydrogen-bond acceptors (Lipinski definition) is 8. The van der Waals surface area contributed by atoms with Gasteiger partial charge in [-0.1, -0.05) is 17.8 Å². The second kappa shape index (κ2) is 8.34. The summed E-state index contributed by atoms with van der Waals surface area (Å²) in [7, 11) is 0. The van der Waals surface area contributed by atoms with Gasteiger partial charge in [-0.15, -0.1) is 21.5 Å². The first-order valence-corrected chi connectivity index (χ1v) is 10.7. The molecule has 2 aromatic heterocycles. The molecule has 4 rings (SSSR count). The van der Waals surface area contributed by atoms with Gasteiger partial charge in [-0.25, -0.2) is 0 Å². The lowest BCUT2D eigenvalue weighted by Crippen LogP contribution is -2.17. The minimum atomic E-state index is -0.244. The Morgan fingerprint density at radius 3 is 2.93 bits per heavy atom. The van der Waals surface area contributed by atoms with Gasteiger partial charge in [-0.3, -0.25) is 9.36 Å². The van der Waals surface area contributed by atoms with Crippen LogP contribution in [0.2, 0.25) is 0 Å². The number of Topliss-reactive ketones (excluding diaryl/α,β-unsaturated/α-hetero) is 1. The zero-order valence-electron chi connectivity index (χ0n) is 14.9. The van der Waals surface area contributed by atoms with Crippen molar-refractivity contribution < 1.29 is 19.7 Å². The minimum absolute atomic E-state index is 0.0846. The zero-order chi connectivity index (χ0) is 19.5. The van der Waals surface area contributed by atoms with E-state index in [1.165, 1.54) is 23.9 Å². The Morgan fingerprint density at radius 1 is 1.32 bits per heavy atom. The Balaban J connectivity index is 1.54. The normalized spacial score (nSPS) is 16.5. The minimum Gasteiger partial charge on any atom is -0.508 e. The number of phenols is 2. The molecular weight excluding hydrogens is 398 g/mol. The fraction of sp³-hybridized carbons (Fsp3) is 0.316. The summed E-state index contributed by atoms with van der Waals surface area (Å²) >= 11 is 2.87. The number of rotatable bonds is 7. The van der Waals surface area contributed by atoms with Crippen molar-refractivity contribution in [3.05, 3.63) is 41.3 Å². The van der Waals surface area contributed by atoms with E-state index in [-0.39, 0.29) is 34.7 Å². The van der Waals surface area contributed by atoms with Gasteiger partial charge in [-0.05, 0) is 36.4 Å². The second-order valence-electron chi connectivity index (χ2n) is 6.44. The van der Waals surface area contributed by atoms with E-state index in [4.69, 9.17) is 4.74 Å². The van der Waals surface area contributed by atoms with Gasteiger partial charge in [0.1, 0.15) is 11.5 Å². The van der Waals surface area contributed by atoms with Crippen LogP contribution in [0.25, 0.3) is 10.7 Å². The standard InChI is InChI=1S/C19H19N3O4S2/c23-12-5-6-14(15(24)9-12)16(25)11-28-19-21-20-18(17-4-2-8-27-17)22(19)10-13-3-1-7-26-13/h2,4-6,8-9,13,23-24H,1,3,7,10-11H2. The molecule has 9 heteroatoms. The molecule has 0 aliphatic carbocycles. The average molecular weight is 418 g/mol. The zero-order valence-corrected chi connectivity index (χ0v) is 16.6. The second-order valence-corrected chi connectivity index (χ2v) is 8.33. The molecule has 1 aliphatic rings. The molecule has 2 N–H and O–H groups in total. The number of aromatic hydroxyl groups is 2. The molecular formula is C19H19N3O4S2.